The summed E-state index contributed by atoms with van der Waals surface area (Å²) in [7, 11) is 0. The van der Waals surface area contributed by atoms with Crippen LogP contribution in [0, 0.1) is 0 Å². The minimum atomic E-state index is 0.0574. The lowest BCUT2D eigenvalue weighted by Gasteiger charge is -2.32. The van der Waals surface area contributed by atoms with E-state index in [1.807, 2.05) is 47.4 Å². The van der Waals surface area contributed by atoms with Crippen LogP contribution in [0.5, 0.6) is 0 Å². The number of nitrogens with zero attached hydrogens (tertiary/aromatic N) is 5. The molecule has 0 radical (unpaired) electrons. The van der Waals surface area contributed by atoms with Crippen LogP contribution < -0.4 is 0 Å². The molecule has 0 spiro atoms. The van der Waals surface area contributed by atoms with Crippen molar-refractivity contribution in [3.05, 3.63) is 77.6 Å². The van der Waals surface area contributed by atoms with Crippen molar-refractivity contribution >= 4 is 5.91 Å². The van der Waals surface area contributed by atoms with Crippen LogP contribution in [0.2, 0.25) is 0 Å². The van der Waals surface area contributed by atoms with Crippen molar-refractivity contribution in [2.45, 2.75) is 32.1 Å². The Morgan fingerprint density at radius 1 is 1.07 bits per heavy atom. The zero-order valence-electron chi connectivity index (χ0n) is 15.6. The van der Waals surface area contributed by atoms with Gasteiger partial charge in [0, 0.05) is 18.7 Å². The number of aromatic nitrogens is 4. The first kappa shape index (κ1) is 18.3. The topological polar surface area (TPSA) is 73.1 Å². The van der Waals surface area contributed by atoms with Crippen LogP contribution in [0.3, 0.4) is 0 Å². The fraction of sp³-hybridized carbons (Fsp3) is 0.333. The van der Waals surface area contributed by atoms with E-state index in [1.54, 1.807) is 11.0 Å². The highest BCUT2D eigenvalue weighted by Gasteiger charge is 2.25. The second kappa shape index (κ2) is 8.75. The number of amides is 1. The summed E-state index contributed by atoms with van der Waals surface area (Å²) in [6, 6.07) is 17.8. The lowest BCUT2D eigenvalue weighted by atomic mass is 10.1. The first-order chi connectivity index (χ1) is 13.8. The third-order valence-corrected chi connectivity index (χ3v) is 4.93. The average molecular weight is 377 g/mol. The van der Waals surface area contributed by atoms with Gasteiger partial charge in [0.1, 0.15) is 6.33 Å². The fourth-order valence-corrected chi connectivity index (χ4v) is 3.42. The molecule has 0 N–H and O–H groups in total. The average Bonchev–Trinajstić information content (AvgIpc) is 3.26. The SMILES string of the molecule is O=C(c1ccc(Cn2cnnn2)cc1)N1CCCC(OCc2ccccc2)C1. The molecule has 0 saturated carbocycles. The molecule has 7 nitrogen and oxygen atoms in total. The van der Waals surface area contributed by atoms with Gasteiger partial charge in [0.25, 0.3) is 5.91 Å². The molecule has 0 bridgehead atoms. The number of piperidine rings is 1. The van der Waals surface area contributed by atoms with Gasteiger partial charge in [-0.25, -0.2) is 4.68 Å². The molecule has 1 aliphatic heterocycles. The molecule has 2 aromatic carbocycles. The molecule has 1 amide bonds. The molecule has 3 aromatic rings. The largest absolute Gasteiger partial charge is 0.372 e. The van der Waals surface area contributed by atoms with Crippen LogP contribution in [0.4, 0.5) is 0 Å². The summed E-state index contributed by atoms with van der Waals surface area (Å²) in [5, 5.41) is 11.1. The number of carbonyl (C=O) groups excluding carboxylic acids is 1. The molecule has 7 heteroatoms. The third-order valence-electron chi connectivity index (χ3n) is 4.93. The van der Waals surface area contributed by atoms with Crippen LogP contribution in [0.15, 0.2) is 60.9 Å². The van der Waals surface area contributed by atoms with E-state index in [-0.39, 0.29) is 12.0 Å². The Balaban J connectivity index is 1.33. The van der Waals surface area contributed by atoms with Crippen LogP contribution in [-0.2, 0) is 17.9 Å². The predicted molar refractivity (Wildman–Crippen MR) is 104 cm³/mol. The number of ether oxygens (including phenoxy) is 1. The first-order valence-electron chi connectivity index (χ1n) is 9.52. The van der Waals surface area contributed by atoms with Crippen LogP contribution in [0.25, 0.3) is 0 Å². The van der Waals surface area contributed by atoms with E-state index in [4.69, 9.17) is 4.74 Å². The third kappa shape index (κ3) is 4.61. The Kier molecular flexibility index (Phi) is 5.72. The van der Waals surface area contributed by atoms with Crippen LogP contribution >= 0.6 is 0 Å². The van der Waals surface area contributed by atoms with Gasteiger partial charge in [0.15, 0.2) is 0 Å². The normalized spacial score (nSPS) is 16.9. The minimum Gasteiger partial charge on any atom is -0.372 e. The molecule has 1 fully saturated rings. The van der Waals surface area contributed by atoms with Gasteiger partial charge in [0.2, 0.25) is 0 Å². The summed E-state index contributed by atoms with van der Waals surface area (Å²) >= 11 is 0. The number of tetrazole rings is 1. The second-order valence-electron chi connectivity index (χ2n) is 7.02. The van der Waals surface area contributed by atoms with Crippen molar-refractivity contribution in [3.63, 3.8) is 0 Å². The maximum atomic E-state index is 12.9. The molecule has 1 saturated heterocycles. The molecule has 0 aliphatic carbocycles. The van der Waals surface area contributed by atoms with Crippen molar-refractivity contribution in [2.75, 3.05) is 13.1 Å². The molecular weight excluding hydrogens is 354 g/mol. The van der Waals surface area contributed by atoms with Crippen molar-refractivity contribution in [1.29, 1.82) is 0 Å². The van der Waals surface area contributed by atoms with Crippen LogP contribution in [0.1, 0.15) is 34.3 Å². The molecule has 1 unspecified atom stereocenters. The summed E-state index contributed by atoms with van der Waals surface area (Å²) in [5.41, 5.74) is 2.90. The first-order valence-corrected chi connectivity index (χ1v) is 9.52. The van der Waals surface area contributed by atoms with Crippen molar-refractivity contribution in [2.24, 2.45) is 0 Å². The Morgan fingerprint density at radius 3 is 2.64 bits per heavy atom. The monoisotopic (exact) mass is 377 g/mol. The van der Waals surface area contributed by atoms with Crippen molar-refractivity contribution < 1.29 is 9.53 Å². The smallest absolute Gasteiger partial charge is 0.253 e. The molecule has 4 rings (SSSR count). The number of carbonyl (C=O) groups is 1. The van der Waals surface area contributed by atoms with Crippen molar-refractivity contribution in [3.8, 4) is 0 Å². The van der Waals surface area contributed by atoms with Gasteiger partial charge in [-0.3, -0.25) is 4.79 Å². The zero-order valence-corrected chi connectivity index (χ0v) is 15.6. The van der Waals surface area contributed by atoms with Gasteiger partial charge in [-0.05, 0) is 46.5 Å². The van der Waals surface area contributed by atoms with Gasteiger partial charge in [-0.1, -0.05) is 42.5 Å². The molecule has 1 atom stereocenters. The zero-order chi connectivity index (χ0) is 19.2. The van der Waals surface area contributed by atoms with E-state index in [0.29, 0.717) is 25.3 Å². The van der Waals surface area contributed by atoms with E-state index in [1.165, 1.54) is 0 Å². The number of hydrogen-bond donors (Lipinski definition) is 0. The summed E-state index contributed by atoms with van der Waals surface area (Å²) in [6.45, 7) is 2.58. The molecule has 1 aliphatic rings. The van der Waals surface area contributed by atoms with Gasteiger partial charge < -0.3 is 9.64 Å². The number of rotatable bonds is 6. The molecule has 28 heavy (non-hydrogen) atoms. The van der Waals surface area contributed by atoms with Gasteiger partial charge >= 0.3 is 0 Å². The quantitative estimate of drug-likeness (QED) is 0.660. The standard InChI is InChI=1S/C21H23N5O2/c27-21(19-10-8-17(9-11-19)13-26-16-22-23-24-26)25-12-4-7-20(14-25)28-15-18-5-2-1-3-6-18/h1-3,5-6,8-11,16,20H,4,7,12-15H2. The lowest BCUT2D eigenvalue weighted by Crippen LogP contribution is -2.43. The molecule has 144 valence electrons. The Morgan fingerprint density at radius 2 is 1.89 bits per heavy atom. The van der Waals surface area contributed by atoms with E-state index in [0.717, 1.165) is 30.5 Å². The molecule has 1 aromatic heterocycles. The Hall–Kier alpha value is -3.06. The number of likely N-dealkylation sites (tertiary alicyclic amines) is 1. The summed E-state index contributed by atoms with van der Waals surface area (Å²) in [4.78, 5) is 14.8. The second-order valence-corrected chi connectivity index (χ2v) is 7.02. The molecular formula is C21H23N5O2. The number of benzene rings is 2. The maximum Gasteiger partial charge on any atom is 0.253 e. The Labute approximate surface area is 163 Å². The highest BCUT2D eigenvalue weighted by Crippen LogP contribution is 2.18. The minimum absolute atomic E-state index is 0.0574. The molecule has 2 heterocycles. The summed E-state index contributed by atoms with van der Waals surface area (Å²) < 4.78 is 7.70. The van der Waals surface area contributed by atoms with Gasteiger partial charge in [0.05, 0.1) is 19.3 Å². The van der Waals surface area contributed by atoms with Crippen LogP contribution in [-0.4, -0.2) is 50.2 Å². The Bertz CT molecular complexity index is 881. The van der Waals surface area contributed by atoms with E-state index in [9.17, 15) is 4.79 Å². The maximum absolute atomic E-state index is 12.9. The predicted octanol–water partition coefficient (Wildman–Crippen LogP) is 2.54. The van der Waals surface area contributed by atoms with Gasteiger partial charge in [-0.15, -0.1) is 5.10 Å². The van der Waals surface area contributed by atoms with E-state index < -0.39 is 0 Å². The summed E-state index contributed by atoms with van der Waals surface area (Å²) in [6.07, 6.45) is 3.60. The number of hydrogen-bond acceptors (Lipinski definition) is 5. The van der Waals surface area contributed by atoms with Gasteiger partial charge in [-0.2, -0.15) is 0 Å². The summed E-state index contributed by atoms with van der Waals surface area (Å²) in [5.74, 6) is 0.0574. The fourth-order valence-electron chi connectivity index (χ4n) is 3.42. The highest BCUT2D eigenvalue weighted by atomic mass is 16.5. The van der Waals surface area contributed by atoms with Crippen molar-refractivity contribution in [1.82, 2.24) is 25.1 Å². The van der Waals surface area contributed by atoms with E-state index >= 15 is 0 Å². The lowest BCUT2D eigenvalue weighted by molar-refractivity contribution is -0.00672. The van der Waals surface area contributed by atoms with E-state index in [2.05, 4.69) is 27.7 Å². The highest BCUT2D eigenvalue weighted by molar-refractivity contribution is 5.94.